The zero-order valence-electron chi connectivity index (χ0n) is 9.67. The molecule has 2 heterocycles. The van der Waals surface area contributed by atoms with Crippen LogP contribution in [0, 0.1) is 0 Å². The highest BCUT2D eigenvalue weighted by molar-refractivity contribution is 5.19. The second-order valence-electron chi connectivity index (χ2n) is 3.90. The second-order valence-corrected chi connectivity index (χ2v) is 3.90. The van der Waals surface area contributed by atoms with Crippen molar-refractivity contribution in [2.24, 2.45) is 0 Å². The lowest BCUT2D eigenvalue weighted by molar-refractivity contribution is 0.175. The molecule has 1 N–H and O–H groups in total. The third kappa shape index (κ3) is 3.32. The number of furan rings is 1. The topological polar surface area (TPSA) is 55.5 Å². The summed E-state index contributed by atoms with van der Waals surface area (Å²) in [5.41, 5.74) is 1.99. The molecule has 0 fully saturated rings. The molecule has 0 aliphatic carbocycles. The highest BCUT2D eigenvalue weighted by atomic mass is 16.5. The number of hydrogen-bond acceptors (Lipinski definition) is 4. The number of nitrogens with zero attached hydrogens (tertiary/aromatic N) is 1. The average Bonchev–Trinajstić information content (AvgIpc) is 2.82. The molecule has 2 rings (SSSR count). The molecule has 0 bridgehead atoms. The van der Waals surface area contributed by atoms with Crippen molar-refractivity contribution in [3.8, 4) is 5.88 Å². The summed E-state index contributed by atoms with van der Waals surface area (Å²) in [6.07, 6.45) is 5.71. The predicted molar refractivity (Wildman–Crippen MR) is 62.9 cm³/mol. The van der Waals surface area contributed by atoms with E-state index in [0.717, 1.165) is 11.1 Å². The van der Waals surface area contributed by atoms with Gasteiger partial charge in [-0.25, -0.2) is 4.98 Å². The number of rotatable bonds is 5. The third-order valence-electron chi connectivity index (χ3n) is 2.53. The highest BCUT2D eigenvalue weighted by Crippen LogP contribution is 2.11. The first-order chi connectivity index (χ1) is 8.28. The number of hydrogen-bond donors (Lipinski definition) is 1. The summed E-state index contributed by atoms with van der Waals surface area (Å²) in [5.74, 6) is 0.582. The number of methoxy groups -OCH3 is 1. The van der Waals surface area contributed by atoms with E-state index in [9.17, 15) is 5.11 Å². The molecular weight excluding hydrogens is 218 g/mol. The molecule has 0 spiro atoms. The minimum absolute atomic E-state index is 0.428. The number of pyridine rings is 1. The van der Waals surface area contributed by atoms with E-state index < -0.39 is 6.10 Å². The van der Waals surface area contributed by atoms with Crippen molar-refractivity contribution in [2.75, 3.05) is 7.11 Å². The molecule has 90 valence electrons. The summed E-state index contributed by atoms with van der Waals surface area (Å²) < 4.78 is 9.93. The van der Waals surface area contributed by atoms with E-state index in [2.05, 4.69) is 4.98 Å². The Kier molecular flexibility index (Phi) is 3.77. The molecule has 0 radical (unpaired) electrons. The van der Waals surface area contributed by atoms with Crippen molar-refractivity contribution in [3.63, 3.8) is 0 Å². The Hall–Kier alpha value is -1.81. The smallest absolute Gasteiger partial charge is 0.212 e. The van der Waals surface area contributed by atoms with Gasteiger partial charge >= 0.3 is 0 Å². The lowest BCUT2D eigenvalue weighted by atomic mass is 10.0. The standard InChI is InChI=1S/C13H15NO3/c1-16-13-3-2-10(8-14-13)6-12(15)7-11-4-5-17-9-11/h2-5,8-9,12,15H,6-7H2,1H3. The fourth-order valence-corrected chi connectivity index (χ4v) is 1.68. The summed E-state index contributed by atoms with van der Waals surface area (Å²) in [6.45, 7) is 0. The monoisotopic (exact) mass is 233 g/mol. The molecule has 2 aromatic rings. The molecule has 17 heavy (non-hydrogen) atoms. The molecule has 0 amide bonds. The molecule has 2 aromatic heterocycles. The van der Waals surface area contributed by atoms with Crippen LogP contribution in [0.25, 0.3) is 0 Å². The van der Waals surface area contributed by atoms with E-state index in [1.54, 1.807) is 31.9 Å². The molecule has 0 aliphatic rings. The van der Waals surface area contributed by atoms with Gasteiger partial charge in [0.15, 0.2) is 0 Å². The van der Waals surface area contributed by atoms with Crippen LogP contribution in [0.3, 0.4) is 0 Å². The average molecular weight is 233 g/mol. The Balaban J connectivity index is 1.91. The lowest BCUT2D eigenvalue weighted by Gasteiger charge is -2.09. The lowest BCUT2D eigenvalue weighted by Crippen LogP contribution is -2.13. The Morgan fingerprint density at radius 1 is 1.29 bits per heavy atom. The van der Waals surface area contributed by atoms with E-state index in [0.29, 0.717) is 18.7 Å². The van der Waals surface area contributed by atoms with Gasteiger partial charge in [-0.3, -0.25) is 0 Å². The quantitative estimate of drug-likeness (QED) is 0.856. The van der Waals surface area contributed by atoms with Gasteiger partial charge in [0.1, 0.15) is 0 Å². The first kappa shape index (κ1) is 11.7. The maximum atomic E-state index is 9.90. The zero-order valence-corrected chi connectivity index (χ0v) is 9.67. The molecule has 4 heteroatoms. The van der Waals surface area contributed by atoms with Crippen LogP contribution in [0.15, 0.2) is 41.3 Å². The van der Waals surface area contributed by atoms with Crippen molar-refractivity contribution in [2.45, 2.75) is 18.9 Å². The Morgan fingerprint density at radius 2 is 2.12 bits per heavy atom. The number of aliphatic hydroxyl groups is 1. The summed E-state index contributed by atoms with van der Waals surface area (Å²) in [7, 11) is 1.58. The fraction of sp³-hybridized carbons (Fsp3) is 0.308. The van der Waals surface area contributed by atoms with Gasteiger partial charge in [0.25, 0.3) is 0 Å². The SMILES string of the molecule is COc1ccc(CC(O)Cc2ccoc2)cn1. The number of aromatic nitrogens is 1. The number of aliphatic hydroxyl groups excluding tert-OH is 1. The van der Waals surface area contributed by atoms with E-state index in [-0.39, 0.29) is 0 Å². The first-order valence-electron chi connectivity index (χ1n) is 5.46. The predicted octanol–water partition coefficient (Wildman–Crippen LogP) is 1.83. The third-order valence-corrected chi connectivity index (χ3v) is 2.53. The highest BCUT2D eigenvalue weighted by Gasteiger charge is 2.08. The van der Waals surface area contributed by atoms with Gasteiger partial charge in [0, 0.05) is 25.1 Å². The largest absolute Gasteiger partial charge is 0.481 e. The molecule has 4 nitrogen and oxygen atoms in total. The van der Waals surface area contributed by atoms with Crippen LogP contribution in [0.5, 0.6) is 5.88 Å². The van der Waals surface area contributed by atoms with Crippen molar-refractivity contribution in [1.29, 1.82) is 0 Å². The first-order valence-corrected chi connectivity index (χ1v) is 5.46. The normalized spacial score (nSPS) is 12.4. The Morgan fingerprint density at radius 3 is 2.71 bits per heavy atom. The molecule has 0 aromatic carbocycles. The molecule has 1 unspecified atom stereocenters. The van der Waals surface area contributed by atoms with Gasteiger partial charge in [0.05, 0.1) is 25.7 Å². The van der Waals surface area contributed by atoms with Gasteiger partial charge in [-0.2, -0.15) is 0 Å². The number of ether oxygens (including phenoxy) is 1. The van der Waals surface area contributed by atoms with Crippen LogP contribution < -0.4 is 4.74 Å². The van der Waals surface area contributed by atoms with Gasteiger partial charge in [0.2, 0.25) is 5.88 Å². The summed E-state index contributed by atoms with van der Waals surface area (Å²) in [6, 6.07) is 5.56. The maximum Gasteiger partial charge on any atom is 0.212 e. The van der Waals surface area contributed by atoms with Crippen LogP contribution in [0.2, 0.25) is 0 Å². The summed E-state index contributed by atoms with van der Waals surface area (Å²) in [5, 5.41) is 9.90. The van der Waals surface area contributed by atoms with Crippen LogP contribution in [0.4, 0.5) is 0 Å². The molecule has 0 saturated carbocycles. The van der Waals surface area contributed by atoms with Gasteiger partial charge in [-0.05, 0) is 17.2 Å². The minimum Gasteiger partial charge on any atom is -0.481 e. The summed E-state index contributed by atoms with van der Waals surface area (Å²) in [4.78, 5) is 4.10. The van der Waals surface area contributed by atoms with Crippen LogP contribution in [-0.2, 0) is 12.8 Å². The van der Waals surface area contributed by atoms with Gasteiger partial charge in [-0.1, -0.05) is 6.07 Å². The van der Waals surface area contributed by atoms with Crippen LogP contribution in [0.1, 0.15) is 11.1 Å². The van der Waals surface area contributed by atoms with Gasteiger partial charge < -0.3 is 14.3 Å². The van der Waals surface area contributed by atoms with E-state index in [1.807, 2.05) is 12.1 Å². The summed E-state index contributed by atoms with van der Waals surface area (Å²) >= 11 is 0. The van der Waals surface area contributed by atoms with Gasteiger partial charge in [-0.15, -0.1) is 0 Å². The van der Waals surface area contributed by atoms with Crippen LogP contribution >= 0.6 is 0 Å². The molecule has 1 atom stereocenters. The molecule has 0 saturated heterocycles. The Labute approximate surface area is 99.9 Å². The Bertz CT molecular complexity index is 436. The maximum absolute atomic E-state index is 9.90. The van der Waals surface area contributed by atoms with E-state index >= 15 is 0 Å². The fourth-order valence-electron chi connectivity index (χ4n) is 1.68. The van der Waals surface area contributed by atoms with Crippen molar-refractivity contribution in [1.82, 2.24) is 4.98 Å². The minimum atomic E-state index is -0.428. The zero-order chi connectivity index (χ0) is 12.1. The van der Waals surface area contributed by atoms with Crippen molar-refractivity contribution in [3.05, 3.63) is 48.0 Å². The molecular formula is C13H15NO3. The van der Waals surface area contributed by atoms with E-state index in [4.69, 9.17) is 9.15 Å². The molecule has 0 aliphatic heterocycles. The van der Waals surface area contributed by atoms with Crippen LogP contribution in [-0.4, -0.2) is 23.3 Å². The van der Waals surface area contributed by atoms with Crippen molar-refractivity contribution >= 4 is 0 Å². The van der Waals surface area contributed by atoms with Crippen molar-refractivity contribution < 1.29 is 14.3 Å². The van der Waals surface area contributed by atoms with E-state index in [1.165, 1.54) is 0 Å². The second kappa shape index (κ2) is 5.50.